The van der Waals surface area contributed by atoms with E-state index in [2.05, 4.69) is 17.2 Å². The number of ether oxygens (including phenoxy) is 1. The third-order valence-electron chi connectivity index (χ3n) is 6.27. The van der Waals surface area contributed by atoms with Gasteiger partial charge in [-0.25, -0.2) is 9.37 Å². The molecule has 2 aromatic heterocycles. The van der Waals surface area contributed by atoms with E-state index in [4.69, 9.17) is 10.5 Å². The lowest BCUT2D eigenvalue weighted by atomic mass is 9.98. The summed E-state index contributed by atoms with van der Waals surface area (Å²) in [6.07, 6.45) is 8.72. The average Bonchev–Trinajstić information content (AvgIpc) is 3.29. The summed E-state index contributed by atoms with van der Waals surface area (Å²) in [4.78, 5) is 19.0. The van der Waals surface area contributed by atoms with Crippen molar-refractivity contribution in [3.63, 3.8) is 0 Å². The predicted octanol–water partition coefficient (Wildman–Crippen LogP) is 4.72. The van der Waals surface area contributed by atoms with E-state index in [0.29, 0.717) is 30.7 Å². The molecule has 0 atom stereocenters. The van der Waals surface area contributed by atoms with Crippen molar-refractivity contribution in [2.24, 2.45) is 5.73 Å². The molecular formula is C29H38FN5O2. The molecule has 37 heavy (non-hydrogen) atoms. The number of carbonyl (C=O) groups excluding carboxylic acids is 1. The molecule has 1 amide bonds. The van der Waals surface area contributed by atoms with Crippen molar-refractivity contribution in [2.75, 3.05) is 34.3 Å². The van der Waals surface area contributed by atoms with Gasteiger partial charge in [-0.2, -0.15) is 0 Å². The number of hydrogen-bond acceptors (Lipinski definition) is 5. The summed E-state index contributed by atoms with van der Waals surface area (Å²) in [6.45, 7) is 4.83. The molecule has 0 radical (unpaired) electrons. The lowest BCUT2D eigenvalue weighted by Crippen LogP contribution is -2.26. The topological polar surface area (TPSA) is 84.9 Å². The Morgan fingerprint density at radius 2 is 2.05 bits per heavy atom. The molecule has 0 aliphatic heterocycles. The number of amides is 1. The number of imidazole rings is 1. The molecule has 0 spiro atoms. The summed E-state index contributed by atoms with van der Waals surface area (Å²) < 4.78 is 22.4. The van der Waals surface area contributed by atoms with Crippen molar-refractivity contribution in [1.29, 1.82) is 0 Å². The van der Waals surface area contributed by atoms with Crippen LogP contribution in [0.25, 0.3) is 16.8 Å². The normalized spacial score (nSPS) is 12.5. The number of unbranched alkanes of at least 4 members (excludes halogenated alkanes) is 1. The van der Waals surface area contributed by atoms with Gasteiger partial charge in [-0.1, -0.05) is 19.4 Å². The number of fused-ring (bicyclic) bond motifs is 1. The second kappa shape index (κ2) is 13.1. The Bertz CT molecular complexity index is 1290. The highest BCUT2D eigenvalue weighted by Crippen LogP contribution is 2.32. The standard InChI is InChI=1S/C29H38FN5O2/c1-6-7-8-26(29(36)34(4)5)24(20(2)32-3)14-16-37-27-17-22(30)10-11-25(27)21-9-12-28-33-18-23(13-15-31)35(28)19-21/h8-12,17-19,32H,6-7,13-16,31H2,1-5H3/b24-20-,26-8-. The van der Waals surface area contributed by atoms with E-state index in [1.165, 1.54) is 12.1 Å². The summed E-state index contributed by atoms with van der Waals surface area (Å²) in [5.41, 5.74) is 11.7. The number of likely N-dealkylation sites (N-methyl/N-ethyl adjacent to an activating group) is 1. The Labute approximate surface area is 218 Å². The van der Waals surface area contributed by atoms with Crippen molar-refractivity contribution in [3.8, 4) is 16.9 Å². The minimum atomic E-state index is -0.375. The van der Waals surface area contributed by atoms with Gasteiger partial charge in [0.25, 0.3) is 5.91 Å². The highest BCUT2D eigenvalue weighted by atomic mass is 19.1. The molecule has 198 valence electrons. The van der Waals surface area contributed by atoms with Gasteiger partial charge in [-0.3, -0.25) is 4.79 Å². The summed E-state index contributed by atoms with van der Waals surface area (Å²) in [5, 5.41) is 3.18. The van der Waals surface area contributed by atoms with Crippen molar-refractivity contribution in [3.05, 3.63) is 77.2 Å². The van der Waals surface area contributed by atoms with Crippen molar-refractivity contribution in [2.45, 2.75) is 39.5 Å². The maximum atomic E-state index is 14.3. The van der Waals surface area contributed by atoms with E-state index in [-0.39, 0.29) is 18.3 Å². The molecule has 1 aromatic carbocycles. The zero-order valence-electron chi connectivity index (χ0n) is 22.5. The SMILES string of the molecule is CCC/C=C(C(=O)N(C)C)/C(CCOc1cc(F)ccc1-c1ccc2ncc(CCN)n2c1)=C(/C)NC. The van der Waals surface area contributed by atoms with Crippen molar-refractivity contribution < 1.29 is 13.9 Å². The number of allylic oxidation sites excluding steroid dienone is 2. The van der Waals surface area contributed by atoms with Crippen molar-refractivity contribution >= 4 is 11.6 Å². The van der Waals surface area contributed by atoms with Gasteiger partial charge in [-0.05, 0) is 49.7 Å². The van der Waals surface area contributed by atoms with E-state index in [1.54, 1.807) is 25.1 Å². The molecule has 7 nitrogen and oxygen atoms in total. The highest BCUT2D eigenvalue weighted by molar-refractivity contribution is 5.97. The zero-order valence-corrected chi connectivity index (χ0v) is 22.5. The third-order valence-corrected chi connectivity index (χ3v) is 6.27. The molecule has 0 saturated heterocycles. The van der Waals surface area contributed by atoms with Gasteiger partial charge >= 0.3 is 0 Å². The molecule has 0 aliphatic carbocycles. The summed E-state index contributed by atoms with van der Waals surface area (Å²) >= 11 is 0. The lowest BCUT2D eigenvalue weighted by molar-refractivity contribution is -0.124. The second-order valence-electron chi connectivity index (χ2n) is 9.13. The molecule has 0 bridgehead atoms. The molecule has 8 heteroatoms. The van der Waals surface area contributed by atoms with Gasteiger partial charge in [0, 0.05) is 80.5 Å². The number of nitrogens with one attached hydrogen (secondary N) is 1. The minimum absolute atomic E-state index is 0.0496. The van der Waals surface area contributed by atoms with Crippen LogP contribution in [0.4, 0.5) is 4.39 Å². The van der Waals surface area contributed by atoms with Gasteiger partial charge in [0.05, 0.1) is 6.61 Å². The van der Waals surface area contributed by atoms with Crippen LogP contribution in [0.2, 0.25) is 0 Å². The van der Waals surface area contributed by atoms with Crippen LogP contribution < -0.4 is 15.8 Å². The first-order valence-electron chi connectivity index (χ1n) is 12.7. The molecule has 0 saturated carbocycles. The molecule has 0 aliphatic rings. The van der Waals surface area contributed by atoms with E-state index >= 15 is 0 Å². The summed E-state index contributed by atoms with van der Waals surface area (Å²) in [5.74, 6) is 0.0190. The molecule has 0 fully saturated rings. The predicted molar refractivity (Wildman–Crippen MR) is 147 cm³/mol. The first-order chi connectivity index (χ1) is 17.8. The Morgan fingerprint density at radius 1 is 1.27 bits per heavy atom. The van der Waals surface area contributed by atoms with Crippen molar-refractivity contribution in [1.82, 2.24) is 19.6 Å². The maximum absolute atomic E-state index is 14.3. The molecular weight excluding hydrogens is 469 g/mol. The highest BCUT2D eigenvalue weighted by Gasteiger charge is 2.19. The monoisotopic (exact) mass is 507 g/mol. The number of hydrogen-bond donors (Lipinski definition) is 2. The summed E-state index contributed by atoms with van der Waals surface area (Å²) in [7, 11) is 5.34. The van der Waals surface area contributed by atoms with Gasteiger partial charge in [-0.15, -0.1) is 0 Å². The molecule has 3 rings (SSSR count). The van der Waals surface area contributed by atoms with Crippen LogP contribution >= 0.6 is 0 Å². The van der Waals surface area contributed by atoms with Crippen LogP contribution in [0.15, 0.2) is 65.6 Å². The van der Waals surface area contributed by atoms with Gasteiger partial charge in [0.1, 0.15) is 17.2 Å². The van der Waals surface area contributed by atoms with Gasteiger partial charge in [0.2, 0.25) is 0 Å². The van der Waals surface area contributed by atoms with Crippen LogP contribution in [0.3, 0.4) is 0 Å². The molecule has 0 unspecified atom stereocenters. The van der Waals surface area contributed by atoms with E-state index in [0.717, 1.165) is 46.6 Å². The smallest absolute Gasteiger partial charge is 0.253 e. The number of carbonyl (C=O) groups is 1. The maximum Gasteiger partial charge on any atom is 0.253 e. The molecule has 3 aromatic rings. The zero-order chi connectivity index (χ0) is 26.9. The van der Waals surface area contributed by atoms with Crippen LogP contribution in [0.5, 0.6) is 5.75 Å². The Kier molecular flexibility index (Phi) is 9.85. The van der Waals surface area contributed by atoms with Gasteiger partial charge < -0.3 is 25.1 Å². The largest absolute Gasteiger partial charge is 0.492 e. The fourth-order valence-electron chi connectivity index (χ4n) is 4.18. The fraction of sp³-hybridized carbons (Fsp3) is 0.379. The number of rotatable bonds is 12. The Balaban J connectivity index is 1.90. The Hall–Kier alpha value is -3.65. The lowest BCUT2D eigenvalue weighted by Gasteiger charge is -2.20. The number of nitrogens with two attached hydrogens (primary N) is 1. The van der Waals surface area contributed by atoms with Crippen LogP contribution in [0.1, 0.15) is 38.8 Å². The minimum Gasteiger partial charge on any atom is -0.492 e. The van der Waals surface area contributed by atoms with Crippen LogP contribution in [-0.4, -0.2) is 54.5 Å². The Morgan fingerprint density at radius 3 is 2.73 bits per heavy atom. The van der Waals surface area contributed by atoms with Gasteiger partial charge in [0.15, 0.2) is 0 Å². The second-order valence-corrected chi connectivity index (χ2v) is 9.13. The number of pyridine rings is 1. The number of nitrogens with zero attached hydrogens (tertiary/aromatic N) is 3. The summed E-state index contributed by atoms with van der Waals surface area (Å²) in [6, 6.07) is 8.44. The first kappa shape index (κ1) is 27.9. The number of halogens is 1. The van der Waals surface area contributed by atoms with E-state index in [1.807, 2.05) is 49.0 Å². The number of aromatic nitrogens is 2. The third kappa shape index (κ3) is 6.77. The molecule has 2 heterocycles. The fourth-order valence-corrected chi connectivity index (χ4v) is 4.18. The number of benzene rings is 1. The molecule has 3 N–H and O–H groups in total. The van der Waals surface area contributed by atoms with Crippen LogP contribution in [-0.2, 0) is 11.2 Å². The van der Waals surface area contributed by atoms with Crippen LogP contribution in [0, 0.1) is 5.82 Å². The first-order valence-corrected chi connectivity index (χ1v) is 12.7. The van der Waals surface area contributed by atoms with E-state index in [9.17, 15) is 9.18 Å². The average molecular weight is 508 g/mol. The quantitative estimate of drug-likeness (QED) is 0.274. The van der Waals surface area contributed by atoms with E-state index < -0.39 is 0 Å².